The van der Waals surface area contributed by atoms with Gasteiger partial charge < -0.3 is 4.79 Å². The van der Waals surface area contributed by atoms with Gasteiger partial charge in [-0.15, -0.1) is 0 Å². The number of carbonyl (C=O) groups is 1. The van der Waals surface area contributed by atoms with E-state index in [-0.39, 0.29) is 5.41 Å². The zero-order chi connectivity index (χ0) is 15.3. The first-order chi connectivity index (χ1) is 9.90. The van der Waals surface area contributed by atoms with Gasteiger partial charge in [0.25, 0.3) is 0 Å². The number of carbonyl (C=O) groups excluding carboxylic acids is 1. The van der Waals surface area contributed by atoms with Gasteiger partial charge in [0.05, 0.1) is 0 Å². The lowest BCUT2D eigenvalue weighted by atomic mass is 9.46. The molecule has 2 saturated carbocycles. The Morgan fingerprint density at radius 3 is 2.62 bits per heavy atom. The molecule has 0 aromatic heterocycles. The highest BCUT2D eigenvalue weighted by molar-refractivity contribution is 5.60. The van der Waals surface area contributed by atoms with E-state index < -0.39 is 0 Å². The summed E-state index contributed by atoms with van der Waals surface area (Å²) in [5, 5.41) is 0. The zero-order valence-corrected chi connectivity index (χ0v) is 14.2. The predicted octanol–water partition coefficient (Wildman–Crippen LogP) is 5.46. The normalized spacial score (nSPS) is 42.7. The summed E-state index contributed by atoms with van der Waals surface area (Å²) in [7, 11) is 0. The molecule has 3 aliphatic rings. The van der Waals surface area contributed by atoms with Gasteiger partial charge in [-0.2, -0.15) is 0 Å². The summed E-state index contributed by atoms with van der Waals surface area (Å²) in [5.41, 5.74) is 5.01. The molecule has 0 amide bonds. The summed E-state index contributed by atoms with van der Waals surface area (Å²) < 4.78 is 0. The molecule has 0 aliphatic heterocycles. The van der Waals surface area contributed by atoms with E-state index in [1.54, 1.807) is 11.1 Å². The minimum atomic E-state index is -0.0741. The fraction of sp³-hybridized carbons (Fsp3) is 0.750. The highest BCUT2D eigenvalue weighted by atomic mass is 16.1. The van der Waals surface area contributed by atoms with E-state index in [0.717, 1.165) is 12.3 Å². The van der Waals surface area contributed by atoms with Crippen molar-refractivity contribution < 1.29 is 4.79 Å². The lowest BCUT2D eigenvalue weighted by molar-refractivity contribution is -0.130. The van der Waals surface area contributed by atoms with Gasteiger partial charge in [0.15, 0.2) is 0 Å². The number of hydrogen-bond acceptors (Lipinski definition) is 1. The zero-order valence-electron chi connectivity index (χ0n) is 14.2. The van der Waals surface area contributed by atoms with E-state index in [0.29, 0.717) is 11.3 Å². The topological polar surface area (TPSA) is 17.1 Å². The molecular formula is C20H30O. The van der Waals surface area contributed by atoms with Crippen LogP contribution < -0.4 is 0 Å². The molecule has 4 atom stereocenters. The number of aldehydes is 1. The predicted molar refractivity (Wildman–Crippen MR) is 88.0 cm³/mol. The first-order valence-electron chi connectivity index (χ1n) is 8.74. The van der Waals surface area contributed by atoms with Crippen LogP contribution in [0.2, 0.25) is 0 Å². The van der Waals surface area contributed by atoms with Crippen molar-refractivity contribution >= 4 is 6.29 Å². The van der Waals surface area contributed by atoms with Gasteiger partial charge in [-0.05, 0) is 75.2 Å². The minimum Gasteiger partial charge on any atom is -0.303 e. The van der Waals surface area contributed by atoms with Crippen LogP contribution in [0.4, 0.5) is 0 Å². The smallest absolute Gasteiger partial charge is 0.126 e. The quantitative estimate of drug-likeness (QED) is 0.585. The molecule has 0 heterocycles. The second-order valence-electron chi connectivity index (χ2n) is 8.41. The molecule has 0 N–H and O–H groups in total. The average molecular weight is 286 g/mol. The maximum atomic E-state index is 11.8. The van der Waals surface area contributed by atoms with Crippen LogP contribution in [0.1, 0.15) is 72.6 Å². The van der Waals surface area contributed by atoms with Crippen molar-refractivity contribution in [2.75, 3.05) is 0 Å². The summed E-state index contributed by atoms with van der Waals surface area (Å²) in [6.45, 7) is 9.19. The molecule has 1 heteroatoms. The molecule has 0 bridgehead atoms. The molecule has 0 spiro atoms. The number of rotatable bonds is 1. The largest absolute Gasteiger partial charge is 0.303 e. The number of fused-ring (bicyclic) bond motifs is 3. The number of hydrogen-bond donors (Lipinski definition) is 0. The second kappa shape index (κ2) is 5.11. The summed E-state index contributed by atoms with van der Waals surface area (Å²) in [5.74, 6) is 1.31. The Morgan fingerprint density at radius 2 is 1.95 bits per heavy atom. The van der Waals surface area contributed by atoms with Crippen LogP contribution >= 0.6 is 0 Å². The van der Waals surface area contributed by atoms with Crippen LogP contribution in [0.25, 0.3) is 0 Å². The third kappa shape index (κ3) is 2.24. The third-order valence-corrected chi connectivity index (χ3v) is 6.96. The molecule has 0 saturated heterocycles. The summed E-state index contributed by atoms with van der Waals surface area (Å²) in [6, 6.07) is 0. The van der Waals surface area contributed by atoms with Gasteiger partial charge in [0.2, 0.25) is 0 Å². The van der Waals surface area contributed by atoms with Gasteiger partial charge in [0, 0.05) is 5.41 Å². The van der Waals surface area contributed by atoms with E-state index >= 15 is 0 Å². The maximum Gasteiger partial charge on any atom is 0.126 e. The first kappa shape index (κ1) is 15.1. The fourth-order valence-corrected chi connectivity index (χ4v) is 5.76. The van der Waals surface area contributed by atoms with Crippen molar-refractivity contribution in [1.29, 1.82) is 0 Å². The molecule has 3 rings (SSSR count). The van der Waals surface area contributed by atoms with Crippen LogP contribution in [0.5, 0.6) is 0 Å². The van der Waals surface area contributed by atoms with Gasteiger partial charge in [-0.3, -0.25) is 0 Å². The van der Waals surface area contributed by atoms with Gasteiger partial charge >= 0.3 is 0 Å². The SMILES string of the molecule is CC(C)=C1C=C2CCC3[C@](C)(CCC[C@@]3(C)C=O)[C@@H]2CC1. The maximum absolute atomic E-state index is 11.8. The Hall–Kier alpha value is -0.850. The Labute approximate surface area is 129 Å². The Bertz CT molecular complexity index is 508. The Kier molecular flexibility index (Phi) is 3.66. The third-order valence-electron chi connectivity index (χ3n) is 6.96. The van der Waals surface area contributed by atoms with Crippen molar-refractivity contribution in [3.05, 3.63) is 22.8 Å². The highest BCUT2D eigenvalue weighted by Crippen LogP contribution is 2.62. The van der Waals surface area contributed by atoms with Crippen LogP contribution in [-0.2, 0) is 4.79 Å². The molecule has 0 radical (unpaired) electrons. The molecule has 0 aromatic carbocycles. The molecular weight excluding hydrogens is 256 g/mol. The second-order valence-corrected chi connectivity index (χ2v) is 8.41. The monoisotopic (exact) mass is 286 g/mol. The van der Waals surface area contributed by atoms with E-state index in [4.69, 9.17) is 0 Å². The van der Waals surface area contributed by atoms with E-state index in [9.17, 15) is 4.79 Å². The highest BCUT2D eigenvalue weighted by Gasteiger charge is 2.55. The van der Waals surface area contributed by atoms with Crippen LogP contribution in [0.15, 0.2) is 22.8 Å². The summed E-state index contributed by atoms with van der Waals surface area (Å²) in [4.78, 5) is 11.8. The molecule has 2 fully saturated rings. The first-order valence-corrected chi connectivity index (χ1v) is 8.74. The van der Waals surface area contributed by atoms with Crippen molar-refractivity contribution in [3.63, 3.8) is 0 Å². The van der Waals surface area contributed by atoms with Crippen LogP contribution in [-0.4, -0.2) is 6.29 Å². The van der Waals surface area contributed by atoms with E-state index in [1.165, 1.54) is 50.4 Å². The average Bonchev–Trinajstić information content (AvgIpc) is 2.46. The Morgan fingerprint density at radius 1 is 1.19 bits per heavy atom. The van der Waals surface area contributed by atoms with Gasteiger partial charge in [-0.25, -0.2) is 0 Å². The molecule has 116 valence electrons. The fourth-order valence-electron chi connectivity index (χ4n) is 5.76. The van der Waals surface area contributed by atoms with Gasteiger partial charge in [0.1, 0.15) is 6.29 Å². The minimum absolute atomic E-state index is 0.0741. The summed E-state index contributed by atoms with van der Waals surface area (Å²) >= 11 is 0. The molecule has 1 unspecified atom stereocenters. The number of allylic oxidation sites excluding steroid dienone is 4. The van der Waals surface area contributed by atoms with Crippen LogP contribution in [0.3, 0.4) is 0 Å². The lowest BCUT2D eigenvalue weighted by Gasteiger charge is -2.58. The molecule has 3 aliphatic carbocycles. The van der Waals surface area contributed by atoms with Crippen molar-refractivity contribution in [2.45, 2.75) is 72.6 Å². The summed E-state index contributed by atoms with van der Waals surface area (Å²) in [6.07, 6.45) is 12.4. The molecule has 0 aromatic rings. The molecule has 21 heavy (non-hydrogen) atoms. The lowest BCUT2D eigenvalue weighted by Crippen LogP contribution is -2.51. The van der Waals surface area contributed by atoms with Crippen molar-refractivity contribution in [2.24, 2.45) is 22.7 Å². The van der Waals surface area contributed by atoms with Crippen LogP contribution in [0, 0.1) is 22.7 Å². The van der Waals surface area contributed by atoms with Crippen molar-refractivity contribution in [1.82, 2.24) is 0 Å². The standard InChI is InChI=1S/C20H30O/c1-14(2)15-6-8-17-16(12-15)7-9-18-19(3,13-21)10-5-11-20(17,18)4/h12-13,17-18H,5-11H2,1-4H3/t17-,18?,19+,20-/m1/s1. The molecule has 1 nitrogen and oxygen atoms in total. The van der Waals surface area contributed by atoms with Gasteiger partial charge in [-0.1, -0.05) is 37.5 Å². The van der Waals surface area contributed by atoms with Crippen molar-refractivity contribution in [3.8, 4) is 0 Å². The van der Waals surface area contributed by atoms with E-state index in [1.807, 2.05) is 0 Å². The van der Waals surface area contributed by atoms with E-state index in [2.05, 4.69) is 33.8 Å². The Balaban J connectivity index is 1.98.